The van der Waals surface area contributed by atoms with E-state index in [4.69, 9.17) is 40.6 Å². The highest BCUT2D eigenvalue weighted by Crippen LogP contribution is 2.68. The molecule has 1 aliphatic heterocycles. The molecule has 9 nitrogen and oxygen atoms in total. The van der Waals surface area contributed by atoms with Gasteiger partial charge in [0.05, 0.1) is 11.6 Å². The lowest BCUT2D eigenvalue weighted by atomic mass is 9.91. The average molecular weight is 449 g/mol. The van der Waals surface area contributed by atoms with Crippen LogP contribution < -0.4 is 4.74 Å². The number of aliphatic hydroxyl groups is 1. The fourth-order valence-corrected chi connectivity index (χ4v) is 5.17. The summed E-state index contributed by atoms with van der Waals surface area (Å²) in [4.78, 5) is 36.2. The lowest BCUT2D eigenvalue weighted by Crippen LogP contribution is -2.30. The molecule has 5 N–H and O–H groups in total. The van der Waals surface area contributed by atoms with Gasteiger partial charge in [0, 0.05) is 19.6 Å². The number of benzene rings is 1. The zero-order valence-corrected chi connectivity index (χ0v) is 16.5. The maximum absolute atomic E-state index is 14.4. The van der Waals surface area contributed by atoms with E-state index in [1.165, 1.54) is 6.07 Å². The molecule has 0 unspecified atom stereocenters. The van der Waals surface area contributed by atoms with Crippen LogP contribution in [0.1, 0.15) is 30.7 Å². The smallest absolute Gasteiger partial charge is 0.369 e. The Balaban J connectivity index is 2.13. The minimum atomic E-state index is -5.60. The second-order valence-electron chi connectivity index (χ2n) is 6.13. The standard InChI is InChI=1S/C14H20ClFO9P2/c15-12-10(9-3-6-24-7-4-9)1-2-11(13(12)16)25-8-5-14(17,26(18,19)20)27(21,22)23/h1-2,9,17H,3-8H2,(H2,18,19,20)(H2,21,22,23). The monoisotopic (exact) mass is 448 g/mol. The molecule has 0 spiro atoms. The van der Waals surface area contributed by atoms with Gasteiger partial charge in [0.25, 0.3) is 5.08 Å². The van der Waals surface area contributed by atoms with Gasteiger partial charge in [-0.25, -0.2) is 4.39 Å². The first-order valence-electron chi connectivity index (χ1n) is 7.90. The summed E-state index contributed by atoms with van der Waals surface area (Å²) in [5, 5.41) is 5.97. The van der Waals surface area contributed by atoms with Crippen LogP contribution in [0.25, 0.3) is 0 Å². The molecule has 2 rings (SSSR count). The Bertz CT molecular complexity index is 750. The third-order valence-corrected chi connectivity index (χ3v) is 8.63. The highest BCUT2D eigenvalue weighted by Gasteiger charge is 2.59. The van der Waals surface area contributed by atoms with E-state index in [0.717, 1.165) is 0 Å². The van der Waals surface area contributed by atoms with Gasteiger partial charge in [-0.05, 0) is 30.4 Å². The molecule has 0 amide bonds. The van der Waals surface area contributed by atoms with Crippen molar-refractivity contribution in [2.75, 3.05) is 19.8 Å². The van der Waals surface area contributed by atoms with Crippen molar-refractivity contribution >= 4 is 26.8 Å². The number of rotatable bonds is 7. The zero-order valence-electron chi connectivity index (χ0n) is 14.0. The van der Waals surface area contributed by atoms with Crippen molar-refractivity contribution in [3.63, 3.8) is 0 Å². The van der Waals surface area contributed by atoms with E-state index in [0.29, 0.717) is 31.6 Å². The normalized spacial score (nSPS) is 17.1. The minimum absolute atomic E-state index is 0.0178. The van der Waals surface area contributed by atoms with Gasteiger partial charge < -0.3 is 34.2 Å². The van der Waals surface area contributed by atoms with E-state index in [2.05, 4.69) is 0 Å². The summed E-state index contributed by atoms with van der Waals surface area (Å²) in [7, 11) is -11.2. The minimum Gasteiger partial charge on any atom is -0.490 e. The Labute approximate surface area is 159 Å². The third-order valence-electron chi connectivity index (χ3n) is 4.37. The molecule has 1 heterocycles. The Kier molecular flexibility index (Phi) is 7.12. The van der Waals surface area contributed by atoms with Crippen molar-refractivity contribution in [2.45, 2.75) is 30.3 Å². The number of hydrogen-bond acceptors (Lipinski definition) is 5. The SMILES string of the molecule is O=P(O)(O)C(O)(CCOc1ccc(C2CCOCC2)c(Cl)c1F)P(=O)(O)O. The maximum atomic E-state index is 14.4. The van der Waals surface area contributed by atoms with Crippen LogP contribution in [0.4, 0.5) is 4.39 Å². The van der Waals surface area contributed by atoms with Crippen molar-refractivity contribution in [2.24, 2.45) is 0 Å². The van der Waals surface area contributed by atoms with Crippen molar-refractivity contribution in [3.05, 3.63) is 28.5 Å². The number of ether oxygens (including phenoxy) is 2. The van der Waals surface area contributed by atoms with Crippen LogP contribution in [-0.4, -0.2) is 49.6 Å². The summed E-state index contributed by atoms with van der Waals surface area (Å²) in [6.45, 7) is 0.297. The summed E-state index contributed by atoms with van der Waals surface area (Å²) >= 11 is 6.05. The first-order chi connectivity index (χ1) is 12.4. The molecule has 154 valence electrons. The summed E-state index contributed by atoms with van der Waals surface area (Å²) in [6, 6.07) is 2.81. The fraction of sp³-hybridized carbons (Fsp3) is 0.571. The quantitative estimate of drug-likeness (QED) is 0.395. The van der Waals surface area contributed by atoms with Crippen LogP contribution in [0.3, 0.4) is 0 Å². The molecule has 27 heavy (non-hydrogen) atoms. The molecule has 1 aromatic carbocycles. The van der Waals surface area contributed by atoms with E-state index < -0.39 is 39.1 Å². The molecule has 0 bridgehead atoms. The van der Waals surface area contributed by atoms with E-state index in [1.807, 2.05) is 0 Å². The van der Waals surface area contributed by atoms with Crippen molar-refractivity contribution in [1.82, 2.24) is 0 Å². The van der Waals surface area contributed by atoms with Gasteiger partial charge in [0.2, 0.25) is 0 Å². The van der Waals surface area contributed by atoms with Crippen molar-refractivity contribution in [3.8, 4) is 5.75 Å². The van der Waals surface area contributed by atoms with E-state index in [1.54, 1.807) is 6.07 Å². The molecule has 0 aliphatic carbocycles. The molecule has 0 saturated carbocycles. The van der Waals surface area contributed by atoms with Gasteiger partial charge in [-0.15, -0.1) is 0 Å². The Morgan fingerprint density at radius 3 is 2.26 bits per heavy atom. The van der Waals surface area contributed by atoms with Crippen LogP contribution in [0.5, 0.6) is 5.75 Å². The van der Waals surface area contributed by atoms with Crippen LogP contribution in [0.15, 0.2) is 12.1 Å². The predicted octanol–water partition coefficient (Wildman–Crippen LogP) is 2.14. The summed E-state index contributed by atoms with van der Waals surface area (Å²) in [5.74, 6) is -1.25. The van der Waals surface area contributed by atoms with E-state index in [-0.39, 0.29) is 16.7 Å². The van der Waals surface area contributed by atoms with Crippen molar-refractivity contribution < 1.29 is 47.7 Å². The largest absolute Gasteiger partial charge is 0.490 e. The van der Waals surface area contributed by atoms with E-state index in [9.17, 15) is 18.6 Å². The van der Waals surface area contributed by atoms with Crippen LogP contribution in [-0.2, 0) is 13.9 Å². The zero-order chi connectivity index (χ0) is 20.5. The van der Waals surface area contributed by atoms with Gasteiger partial charge in [-0.1, -0.05) is 17.7 Å². The second kappa shape index (κ2) is 8.45. The number of halogens is 2. The molecule has 0 radical (unpaired) electrons. The van der Waals surface area contributed by atoms with Crippen molar-refractivity contribution in [1.29, 1.82) is 0 Å². The molecule has 0 aromatic heterocycles. The molecular formula is C14H20ClFO9P2. The third kappa shape index (κ3) is 4.90. The van der Waals surface area contributed by atoms with Gasteiger partial charge >= 0.3 is 15.2 Å². The van der Waals surface area contributed by atoms with Gasteiger partial charge in [-0.2, -0.15) is 0 Å². The van der Waals surface area contributed by atoms with Gasteiger partial charge in [0.1, 0.15) is 0 Å². The van der Waals surface area contributed by atoms with Crippen LogP contribution in [0, 0.1) is 5.82 Å². The first kappa shape index (κ1) is 22.7. The molecule has 0 atom stereocenters. The molecule has 1 fully saturated rings. The average Bonchev–Trinajstić information content (AvgIpc) is 2.57. The lowest BCUT2D eigenvalue weighted by Gasteiger charge is -2.29. The van der Waals surface area contributed by atoms with E-state index >= 15 is 0 Å². The summed E-state index contributed by atoms with van der Waals surface area (Å²) in [5.41, 5.74) is 0.576. The lowest BCUT2D eigenvalue weighted by molar-refractivity contribution is 0.0852. The first-order valence-corrected chi connectivity index (χ1v) is 11.5. The molecule has 1 aliphatic rings. The molecule has 13 heteroatoms. The maximum Gasteiger partial charge on any atom is 0.369 e. The Morgan fingerprint density at radius 1 is 1.19 bits per heavy atom. The van der Waals surface area contributed by atoms with Gasteiger partial charge in [0.15, 0.2) is 11.6 Å². The molecule has 1 saturated heterocycles. The highest BCUT2D eigenvalue weighted by atomic mass is 35.5. The molecule has 1 aromatic rings. The van der Waals surface area contributed by atoms with Crippen LogP contribution in [0.2, 0.25) is 5.02 Å². The summed E-state index contributed by atoms with van der Waals surface area (Å²) in [6.07, 6.45) is 0.230. The highest BCUT2D eigenvalue weighted by molar-refractivity contribution is 7.72. The summed E-state index contributed by atoms with van der Waals surface area (Å²) < 4.78 is 47.3. The Hall–Kier alpha value is -0.540. The predicted molar refractivity (Wildman–Crippen MR) is 93.4 cm³/mol. The van der Waals surface area contributed by atoms with Crippen LogP contribution >= 0.6 is 26.8 Å². The van der Waals surface area contributed by atoms with Gasteiger partial charge in [-0.3, -0.25) is 9.13 Å². The number of hydrogen-bond donors (Lipinski definition) is 5. The molecular weight excluding hydrogens is 429 g/mol. The Morgan fingerprint density at radius 2 is 1.74 bits per heavy atom. The fourth-order valence-electron chi connectivity index (χ4n) is 2.74. The second-order valence-corrected chi connectivity index (χ2v) is 10.5. The topological polar surface area (TPSA) is 154 Å².